The third-order valence-electron chi connectivity index (χ3n) is 5.67. The highest BCUT2D eigenvalue weighted by Crippen LogP contribution is 2.19. The van der Waals surface area contributed by atoms with Gasteiger partial charge in [-0.1, -0.05) is 12.1 Å². The van der Waals surface area contributed by atoms with Crippen molar-refractivity contribution in [3.05, 3.63) is 65.5 Å². The number of carbonyl (C=O) groups excluding carboxylic acids is 2. The summed E-state index contributed by atoms with van der Waals surface area (Å²) in [6.07, 6.45) is 0.857. The first kappa shape index (κ1) is 23.9. The molecule has 1 N–H and O–H groups in total. The number of rotatable bonds is 7. The number of sulfonamides is 1. The number of piperidine rings is 1. The van der Waals surface area contributed by atoms with Crippen LogP contribution in [0.5, 0.6) is 0 Å². The zero-order chi connectivity index (χ0) is 23.3. The molecule has 32 heavy (non-hydrogen) atoms. The van der Waals surface area contributed by atoms with Crippen LogP contribution in [0, 0.1) is 5.82 Å². The predicted octanol–water partition coefficient (Wildman–Crippen LogP) is 2.89. The Morgan fingerprint density at radius 2 is 1.62 bits per heavy atom. The number of hydrogen-bond donors (Lipinski definition) is 1. The Labute approximate surface area is 188 Å². The second kappa shape index (κ2) is 10.2. The van der Waals surface area contributed by atoms with Crippen LogP contribution in [0.15, 0.2) is 53.4 Å². The van der Waals surface area contributed by atoms with Gasteiger partial charge in [-0.15, -0.1) is 0 Å². The van der Waals surface area contributed by atoms with Gasteiger partial charge in [-0.3, -0.25) is 9.59 Å². The van der Waals surface area contributed by atoms with Gasteiger partial charge in [0.1, 0.15) is 5.82 Å². The van der Waals surface area contributed by atoms with E-state index in [0.717, 1.165) is 0 Å². The monoisotopic (exact) mass is 461 g/mol. The highest BCUT2D eigenvalue weighted by Gasteiger charge is 2.28. The highest BCUT2D eigenvalue weighted by atomic mass is 32.2. The fourth-order valence-electron chi connectivity index (χ4n) is 3.76. The Kier molecular flexibility index (Phi) is 7.63. The Bertz CT molecular complexity index is 1060. The molecular formula is C23H28FN3O4S. The van der Waals surface area contributed by atoms with E-state index in [9.17, 15) is 22.4 Å². The van der Waals surface area contributed by atoms with Gasteiger partial charge in [-0.2, -0.15) is 0 Å². The minimum absolute atomic E-state index is 0.0193. The van der Waals surface area contributed by atoms with Crippen LogP contribution in [0.25, 0.3) is 0 Å². The third kappa shape index (κ3) is 5.34. The van der Waals surface area contributed by atoms with Crippen LogP contribution >= 0.6 is 0 Å². The van der Waals surface area contributed by atoms with Gasteiger partial charge in [0.05, 0.1) is 10.5 Å². The van der Waals surface area contributed by atoms with Crippen molar-refractivity contribution >= 4 is 21.8 Å². The number of amides is 2. The summed E-state index contributed by atoms with van der Waals surface area (Å²) >= 11 is 0. The van der Waals surface area contributed by atoms with Gasteiger partial charge in [0.15, 0.2) is 0 Å². The van der Waals surface area contributed by atoms with Crippen LogP contribution < -0.4 is 4.72 Å². The number of hydrogen-bond acceptors (Lipinski definition) is 4. The Balaban J connectivity index is 1.60. The lowest BCUT2D eigenvalue weighted by atomic mass is 10.0. The standard InChI is InChI=1S/C23H28FN3O4S/c1-3-26(4-2)22(28)17-9-11-19(12-10-17)32(30,31)25-18-13-15-27(16-14-18)23(29)20-7-5-6-8-21(20)24/h5-12,18,25H,3-4,13-16H2,1-2H3. The molecule has 2 amide bonds. The second-order valence-corrected chi connectivity index (χ2v) is 9.38. The van der Waals surface area contributed by atoms with Gasteiger partial charge in [-0.25, -0.2) is 17.5 Å². The number of benzene rings is 2. The Morgan fingerprint density at radius 3 is 2.19 bits per heavy atom. The van der Waals surface area contributed by atoms with Crippen molar-refractivity contribution in [2.24, 2.45) is 0 Å². The smallest absolute Gasteiger partial charge is 0.256 e. The summed E-state index contributed by atoms with van der Waals surface area (Å²) in [5.74, 6) is -1.10. The summed E-state index contributed by atoms with van der Waals surface area (Å²) in [6.45, 7) is 5.60. The van der Waals surface area contributed by atoms with E-state index in [2.05, 4.69) is 4.72 Å². The molecule has 0 aliphatic carbocycles. The molecular weight excluding hydrogens is 433 g/mol. The summed E-state index contributed by atoms with van der Waals surface area (Å²) in [6, 6.07) is 11.4. The van der Waals surface area contributed by atoms with Crippen molar-refractivity contribution in [1.29, 1.82) is 0 Å². The zero-order valence-corrected chi connectivity index (χ0v) is 19.1. The van der Waals surface area contributed by atoms with E-state index in [0.29, 0.717) is 44.6 Å². The van der Waals surface area contributed by atoms with Gasteiger partial charge < -0.3 is 9.80 Å². The quantitative estimate of drug-likeness (QED) is 0.687. The third-order valence-corrected chi connectivity index (χ3v) is 7.21. The summed E-state index contributed by atoms with van der Waals surface area (Å²) in [5, 5.41) is 0. The molecule has 0 radical (unpaired) electrons. The molecule has 0 saturated carbocycles. The predicted molar refractivity (Wildman–Crippen MR) is 119 cm³/mol. The fraction of sp³-hybridized carbons (Fsp3) is 0.391. The molecule has 1 heterocycles. The fourth-order valence-corrected chi connectivity index (χ4v) is 5.07. The van der Waals surface area contributed by atoms with E-state index in [1.54, 1.807) is 11.0 Å². The second-order valence-electron chi connectivity index (χ2n) is 7.67. The van der Waals surface area contributed by atoms with Crippen LogP contribution in [0.3, 0.4) is 0 Å². The molecule has 1 saturated heterocycles. The van der Waals surface area contributed by atoms with Crippen LogP contribution in [-0.4, -0.2) is 62.3 Å². The first-order chi connectivity index (χ1) is 15.3. The van der Waals surface area contributed by atoms with Gasteiger partial charge in [0, 0.05) is 37.8 Å². The lowest BCUT2D eigenvalue weighted by Crippen LogP contribution is -2.46. The molecule has 0 atom stereocenters. The summed E-state index contributed by atoms with van der Waals surface area (Å²) in [7, 11) is -3.77. The molecule has 1 aliphatic heterocycles. The average Bonchev–Trinajstić information content (AvgIpc) is 2.80. The van der Waals surface area contributed by atoms with Crippen molar-refractivity contribution in [2.45, 2.75) is 37.6 Å². The molecule has 1 aliphatic rings. The van der Waals surface area contributed by atoms with E-state index in [1.165, 1.54) is 47.4 Å². The maximum absolute atomic E-state index is 13.9. The number of carbonyl (C=O) groups is 2. The summed E-state index contributed by atoms with van der Waals surface area (Å²) in [5.41, 5.74) is 0.457. The van der Waals surface area contributed by atoms with Crippen LogP contribution in [0.4, 0.5) is 4.39 Å². The summed E-state index contributed by atoms with van der Waals surface area (Å²) in [4.78, 5) is 28.2. The number of nitrogens with zero attached hydrogens (tertiary/aromatic N) is 2. The maximum atomic E-state index is 13.9. The largest absolute Gasteiger partial charge is 0.339 e. The Morgan fingerprint density at radius 1 is 1.03 bits per heavy atom. The summed E-state index contributed by atoms with van der Waals surface area (Å²) < 4.78 is 42.1. The van der Waals surface area contributed by atoms with Crippen molar-refractivity contribution in [3.63, 3.8) is 0 Å². The Hall–Kier alpha value is -2.78. The van der Waals surface area contributed by atoms with Crippen molar-refractivity contribution in [2.75, 3.05) is 26.2 Å². The van der Waals surface area contributed by atoms with Gasteiger partial charge in [0.25, 0.3) is 11.8 Å². The molecule has 1 fully saturated rings. The van der Waals surface area contributed by atoms with E-state index in [4.69, 9.17) is 0 Å². The molecule has 2 aromatic carbocycles. The zero-order valence-electron chi connectivity index (χ0n) is 18.3. The topological polar surface area (TPSA) is 86.8 Å². The maximum Gasteiger partial charge on any atom is 0.256 e. The molecule has 0 spiro atoms. The van der Waals surface area contributed by atoms with E-state index in [-0.39, 0.29) is 22.4 Å². The molecule has 7 nitrogen and oxygen atoms in total. The first-order valence-corrected chi connectivity index (χ1v) is 12.2. The van der Waals surface area contributed by atoms with Crippen molar-refractivity contribution < 1.29 is 22.4 Å². The minimum atomic E-state index is -3.77. The minimum Gasteiger partial charge on any atom is -0.339 e. The van der Waals surface area contributed by atoms with Gasteiger partial charge >= 0.3 is 0 Å². The molecule has 9 heteroatoms. The molecule has 0 unspecified atom stereocenters. The lowest BCUT2D eigenvalue weighted by Gasteiger charge is -2.32. The van der Waals surface area contributed by atoms with Gasteiger partial charge in [0.2, 0.25) is 10.0 Å². The SMILES string of the molecule is CCN(CC)C(=O)c1ccc(S(=O)(=O)NC2CCN(C(=O)c3ccccc3F)CC2)cc1. The van der Waals surface area contributed by atoms with Crippen LogP contribution in [-0.2, 0) is 10.0 Å². The number of nitrogens with one attached hydrogen (secondary N) is 1. The molecule has 2 aromatic rings. The lowest BCUT2D eigenvalue weighted by molar-refractivity contribution is 0.0705. The van der Waals surface area contributed by atoms with Gasteiger partial charge in [-0.05, 0) is 63.1 Å². The molecule has 0 bridgehead atoms. The normalized spacial score (nSPS) is 14.9. The molecule has 3 rings (SSSR count). The molecule has 172 valence electrons. The number of halogens is 1. The van der Waals surface area contributed by atoms with Crippen molar-refractivity contribution in [1.82, 2.24) is 14.5 Å². The first-order valence-electron chi connectivity index (χ1n) is 10.7. The van der Waals surface area contributed by atoms with Crippen molar-refractivity contribution in [3.8, 4) is 0 Å². The van der Waals surface area contributed by atoms with E-state index < -0.39 is 21.7 Å². The molecule has 0 aromatic heterocycles. The average molecular weight is 462 g/mol. The highest BCUT2D eigenvalue weighted by molar-refractivity contribution is 7.89. The van der Waals surface area contributed by atoms with Crippen LogP contribution in [0.1, 0.15) is 47.4 Å². The van der Waals surface area contributed by atoms with E-state index in [1.807, 2.05) is 13.8 Å². The van der Waals surface area contributed by atoms with E-state index >= 15 is 0 Å². The number of likely N-dealkylation sites (tertiary alicyclic amines) is 1. The van der Waals surface area contributed by atoms with Crippen LogP contribution in [0.2, 0.25) is 0 Å².